The van der Waals surface area contributed by atoms with E-state index in [4.69, 9.17) is 27.3 Å². The van der Waals surface area contributed by atoms with Gasteiger partial charge in [-0.2, -0.15) is 5.26 Å². The molecule has 0 bridgehead atoms. The minimum atomic E-state index is -0.192. The Hall–Kier alpha value is -1.24. The lowest BCUT2D eigenvalue weighted by Gasteiger charge is -2.12. The first-order valence-electron chi connectivity index (χ1n) is 4.65. The van der Waals surface area contributed by atoms with Crippen molar-refractivity contribution in [2.24, 2.45) is 5.73 Å². The Morgan fingerprint density at radius 1 is 1.60 bits per heavy atom. The van der Waals surface area contributed by atoms with Crippen LogP contribution in [0.4, 0.5) is 0 Å². The van der Waals surface area contributed by atoms with Gasteiger partial charge in [-0.05, 0) is 24.1 Å². The number of halogens is 1. The molecule has 1 unspecified atom stereocenters. The van der Waals surface area contributed by atoms with Gasteiger partial charge in [-0.1, -0.05) is 17.7 Å². The van der Waals surface area contributed by atoms with Crippen molar-refractivity contribution in [2.45, 2.75) is 18.9 Å². The third-order valence-electron chi connectivity index (χ3n) is 2.17. The van der Waals surface area contributed by atoms with Gasteiger partial charge in [0.2, 0.25) is 0 Å². The lowest BCUT2D eigenvalue weighted by molar-refractivity contribution is 0.414. The van der Waals surface area contributed by atoms with Crippen LogP contribution in [0, 0.1) is 11.3 Å². The number of nitrogens with two attached hydrogens (primary N) is 1. The summed E-state index contributed by atoms with van der Waals surface area (Å²) in [4.78, 5) is 0. The summed E-state index contributed by atoms with van der Waals surface area (Å²) in [6.45, 7) is 0. The van der Waals surface area contributed by atoms with Crippen molar-refractivity contribution < 1.29 is 4.74 Å². The molecule has 0 radical (unpaired) electrons. The number of nitrogens with zero attached hydrogens (tertiary/aromatic N) is 1. The topological polar surface area (TPSA) is 59.0 Å². The molecule has 0 fully saturated rings. The van der Waals surface area contributed by atoms with E-state index in [1.165, 1.54) is 0 Å². The maximum atomic E-state index is 8.45. The highest BCUT2D eigenvalue weighted by molar-refractivity contribution is 6.31. The predicted octanol–water partition coefficient (Wildman–Crippen LogP) is 2.65. The number of methoxy groups -OCH3 is 1. The van der Waals surface area contributed by atoms with Gasteiger partial charge in [0.05, 0.1) is 13.2 Å². The van der Waals surface area contributed by atoms with Gasteiger partial charge in [-0.25, -0.2) is 0 Å². The zero-order valence-corrected chi connectivity index (χ0v) is 9.29. The molecule has 0 saturated carbocycles. The first kappa shape index (κ1) is 11.8. The third kappa shape index (κ3) is 3.12. The van der Waals surface area contributed by atoms with Crippen LogP contribution in [0.1, 0.15) is 24.4 Å². The molecule has 0 spiro atoms. The minimum Gasteiger partial charge on any atom is -0.497 e. The second-order valence-electron chi connectivity index (χ2n) is 3.19. The van der Waals surface area contributed by atoms with E-state index >= 15 is 0 Å². The van der Waals surface area contributed by atoms with Gasteiger partial charge in [-0.15, -0.1) is 0 Å². The zero-order chi connectivity index (χ0) is 11.3. The summed E-state index contributed by atoms with van der Waals surface area (Å²) >= 11 is 6.04. The molecule has 2 N–H and O–H groups in total. The average Bonchev–Trinajstić information content (AvgIpc) is 2.25. The molecule has 0 aliphatic carbocycles. The molecule has 0 aromatic heterocycles. The summed E-state index contributed by atoms with van der Waals surface area (Å²) < 4.78 is 5.03. The molecular weight excluding hydrogens is 212 g/mol. The summed E-state index contributed by atoms with van der Waals surface area (Å²) in [5, 5.41) is 9.04. The molecule has 1 rings (SSSR count). The smallest absolute Gasteiger partial charge is 0.120 e. The Balaban J connectivity index is 2.81. The van der Waals surface area contributed by atoms with Gasteiger partial charge in [-0.3, -0.25) is 0 Å². The predicted molar refractivity (Wildman–Crippen MR) is 59.8 cm³/mol. The number of hydrogen-bond acceptors (Lipinski definition) is 3. The van der Waals surface area contributed by atoms with Crippen molar-refractivity contribution in [3.8, 4) is 11.8 Å². The molecule has 15 heavy (non-hydrogen) atoms. The van der Waals surface area contributed by atoms with Crippen LogP contribution in [0.15, 0.2) is 18.2 Å². The van der Waals surface area contributed by atoms with Crippen molar-refractivity contribution in [3.63, 3.8) is 0 Å². The maximum absolute atomic E-state index is 8.45. The fourth-order valence-corrected chi connectivity index (χ4v) is 1.62. The van der Waals surface area contributed by atoms with E-state index in [0.717, 1.165) is 5.56 Å². The summed E-state index contributed by atoms with van der Waals surface area (Å²) in [5.74, 6) is 0.705. The average molecular weight is 225 g/mol. The molecule has 0 aliphatic rings. The quantitative estimate of drug-likeness (QED) is 0.856. The van der Waals surface area contributed by atoms with Crippen LogP contribution >= 0.6 is 11.6 Å². The van der Waals surface area contributed by atoms with Crippen LogP contribution in [0.2, 0.25) is 5.02 Å². The molecule has 3 nitrogen and oxygen atoms in total. The van der Waals surface area contributed by atoms with E-state index in [0.29, 0.717) is 23.6 Å². The van der Waals surface area contributed by atoms with Crippen LogP contribution in [0.25, 0.3) is 0 Å². The van der Waals surface area contributed by atoms with Gasteiger partial charge in [0, 0.05) is 17.5 Å². The van der Waals surface area contributed by atoms with Crippen molar-refractivity contribution >= 4 is 11.6 Å². The van der Waals surface area contributed by atoms with E-state index in [1.807, 2.05) is 12.1 Å². The summed E-state index contributed by atoms with van der Waals surface area (Å²) in [7, 11) is 1.58. The summed E-state index contributed by atoms with van der Waals surface area (Å²) in [5.41, 5.74) is 6.75. The second-order valence-corrected chi connectivity index (χ2v) is 3.60. The highest BCUT2D eigenvalue weighted by Gasteiger charge is 2.10. The highest BCUT2D eigenvalue weighted by atomic mass is 35.5. The molecule has 0 saturated heterocycles. The largest absolute Gasteiger partial charge is 0.497 e. The Bertz CT molecular complexity index is 373. The van der Waals surface area contributed by atoms with Gasteiger partial charge in [0.25, 0.3) is 0 Å². The molecule has 0 heterocycles. The SMILES string of the molecule is COc1ccc(C(N)CCC#N)c(Cl)c1. The van der Waals surface area contributed by atoms with Gasteiger partial charge < -0.3 is 10.5 Å². The lowest BCUT2D eigenvalue weighted by Crippen LogP contribution is -2.10. The lowest BCUT2D eigenvalue weighted by atomic mass is 10.0. The number of nitriles is 1. The molecule has 4 heteroatoms. The standard InChI is InChI=1S/C11H13ClN2O/c1-15-8-4-5-9(10(12)7-8)11(14)3-2-6-13/h4-5,7,11H,2-3,14H2,1H3. The fraction of sp³-hybridized carbons (Fsp3) is 0.364. The molecule has 0 amide bonds. The fourth-order valence-electron chi connectivity index (χ4n) is 1.31. The molecule has 1 aromatic rings. The Kier molecular flexibility index (Phi) is 4.41. The number of ether oxygens (including phenoxy) is 1. The van der Waals surface area contributed by atoms with E-state index in [9.17, 15) is 0 Å². The Morgan fingerprint density at radius 2 is 2.33 bits per heavy atom. The normalized spacial score (nSPS) is 11.9. The Morgan fingerprint density at radius 3 is 2.87 bits per heavy atom. The van der Waals surface area contributed by atoms with Gasteiger partial charge >= 0.3 is 0 Å². The molecule has 1 atom stereocenters. The minimum absolute atomic E-state index is 0.192. The van der Waals surface area contributed by atoms with Gasteiger partial charge in [0.15, 0.2) is 0 Å². The van der Waals surface area contributed by atoms with Crippen LogP contribution in [-0.2, 0) is 0 Å². The summed E-state index contributed by atoms with van der Waals surface area (Å²) in [6.07, 6.45) is 1.05. The van der Waals surface area contributed by atoms with Crippen LogP contribution in [0.3, 0.4) is 0 Å². The molecule has 80 valence electrons. The van der Waals surface area contributed by atoms with E-state index in [-0.39, 0.29) is 6.04 Å². The zero-order valence-electron chi connectivity index (χ0n) is 8.53. The second kappa shape index (κ2) is 5.59. The number of benzene rings is 1. The third-order valence-corrected chi connectivity index (χ3v) is 2.50. The van der Waals surface area contributed by atoms with Crippen molar-refractivity contribution in [1.82, 2.24) is 0 Å². The van der Waals surface area contributed by atoms with Crippen LogP contribution in [-0.4, -0.2) is 7.11 Å². The van der Waals surface area contributed by atoms with E-state index in [1.54, 1.807) is 13.2 Å². The van der Waals surface area contributed by atoms with E-state index in [2.05, 4.69) is 6.07 Å². The summed E-state index contributed by atoms with van der Waals surface area (Å²) in [6, 6.07) is 7.25. The van der Waals surface area contributed by atoms with Gasteiger partial charge in [0.1, 0.15) is 5.75 Å². The highest BCUT2D eigenvalue weighted by Crippen LogP contribution is 2.28. The van der Waals surface area contributed by atoms with Crippen molar-refractivity contribution in [1.29, 1.82) is 5.26 Å². The Labute approximate surface area is 94.4 Å². The molecular formula is C11H13ClN2O. The van der Waals surface area contributed by atoms with E-state index < -0.39 is 0 Å². The number of rotatable bonds is 4. The first-order chi connectivity index (χ1) is 7.19. The maximum Gasteiger partial charge on any atom is 0.120 e. The number of hydrogen-bond donors (Lipinski definition) is 1. The van der Waals surface area contributed by atoms with Crippen LogP contribution < -0.4 is 10.5 Å². The molecule has 0 aliphatic heterocycles. The molecule has 1 aromatic carbocycles. The van der Waals surface area contributed by atoms with Crippen molar-refractivity contribution in [3.05, 3.63) is 28.8 Å². The monoisotopic (exact) mass is 224 g/mol. The van der Waals surface area contributed by atoms with Crippen LogP contribution in [0.5, 0.6) is 5.75 Å². The first-order valence-corrected chi connectivity index (χ1v) is 5.02. The van der Waals surface area contributed by atoms with Crippen molar-refractivity contribution in [2.75, 3.05) is 7.11 Å².